The maximum Gasteiger partial charge on any atom is 0.412 e. The van der Waals surface area contributed by atoms with Gasteiger partial charge in [-0.25, -0.2) is 4.79 Å². The fourth-order valence-corrected chi connectivity index (χ4v) is 3.66. The summed E-state index contributed by atoms with van der Waals surface area (Å²) in [5.41, 5.74) is 8.05. The molecule has 2 atom stereocenters. The van der Waals surface area contributed by atoms with Crippen molar-refractivity contribution in [1.29, 1.82) is 0 Å². The number of aromatic hydroxyl groups is 1. The van der Waals surface area contributed by atoms with Crippen LogP contribution in [0.25, 0.3) is 0 Å². The molecule has 0 saturated carbocycles. The summed E-state index contributed by atoms with van der Waals surface area (Å²) in [4.78, 5) is 37.0. The van der Waals surface area contributed by atoms with Crippen LogP contribution >= 0.6 is 0 Å². The lowest BCUT2D eigenvalue weighted by atomic mass is 10.0. The number of nitrogens with two attached hydrogens (primary N) is 1. The highest BCUT2D eigenvalue weighted by atomic mass is 16.6. The molecule has 0 spiro atoms. The van der Waals surface area contributed by atoms with Crippen molar-refractivity contribution in [2.45, 2.75) is 26.1 Å². The van der Waals surface area contributed by atoms with E-state index >= 15 is 0 Å². The Morgan fingerprint density at radius 3 is 2.36 bits per heavy atom. The van der Waals surface area contributed by atoms with Crippen LogP contribution in [0.5, 0.6) is 11.5 Å². The van der Waals surface area contributed by atoms with Crippen LogP contribution in [-0.4, -0.2) is 42.7 Å². The van der Waals surface area contributed by atoms with Gasteiger partial charge in [-0.05, 0) is 74.0 Å². The normalized spacial score (nSPS) is 12.4. The molecule has 0 aliphatic rings. The molecule has 39 heavy (non-hydrogen) atoms. The number of nitrogens with one attached hydrogen (secondary N) is 2. The van der Waals surface area contributed by atoms with E-state index in [9.17, 15) is 19.5 Å². The molecule has 0 radical (unpaired) electrons. The Labute approximate surface area is 226 Å². The first kappa shape index (κ1) is 28.7. The molecule has 204 valence electrons. The molecule has 3 aromatic rings. The first-order valence-electron chi connectivity index (χ1n) is 12.1. The Balaban J connectivity index is 1.86. The number of nitrogen functional groups attached to an aromatic ring is 1. The Hall–Kier alpha value is -4.83. The van der Waals surface area contributed by atoms with Gasteiger partial charge in [0.15, 0.2) is 23.4 Å². The number of rotatable bonds is 11. The SMILES string of the molecule is CCO[C@@H](/C=C/C(=O)Nc1ccccc1N)[C@@H](OC(=O)Nc1ccc(C(C)=O)cc1)c1ccc(OC)c(O)c1. The highest BCUT2D eigenvalue weighted by molar-refractivity contribution is 6.01. The molecule has 0 heterocycles. The van der Waals surface area contributed by atoms with Gasteiger partial charge in [-0.3, -0.25) is 14.9 Å². The van der Waals surface area contributed by atoms with Crippen LogP contribution in [-0.2, 0) is 14.3 Å². The first-order valence-corrected chi connectivity index (χ1v) is 12.1. The van der Waals surface area contributed by atoms with Gasteiger partial charge < -0.3 is 30.4 Å². The average Bonchev–Trinajstić information content (AvgIpc) is 2.91. The van der Waals surface area contributed by atoms with Crippen LogP contribution in [0.4, 0.5) is 21.9 Å². The number of Topliss-reactive ketones (excluding diaryl/α,β-unsaturated/α-hetero) is 1. The molecule has 0 bridgehead atoms. The van der Waals surface area contributed by atoms with Crippen molar-refractivity contribution in [3.05, 3.63) is 90.0 Å². The van der Waals surface area contributed by atoms with Crippen molar-refractivity contribution in [2.75, 3.05) is 30.1 Å². The Bertz CT molecular complexity index is 1340. The van der Waals surface area contributed by atoms with E-state index in [4.69, 9.17) is 19.9 Å². The number of anilines is 3. The summed E-state index contributed by atoms with van der Waals surface area (Å²) in [7, 11) is 1.41. The van der Waals surface area contributed by atoms with Gasteiger partial charge >= 0.3 is 6.09 Å². The highest BCUT2D eigenvalue weighted by Gasteiger charge is 2.27. The zero-order valence-corrected chi connectivity index (χ0v) is 21.8. The molecule has 0 saturated heterocycles. The zero-order valence-electron chi connectivity index (χ0n) is 21.8. The molecule has 0 aromatic heterocycles. The summed E-state index contributed by atoms with van der Waals surface area (Å²) < 4.78 is 16.7. The molecule has 0 fully saturated rings. The number of amides is 2. The lowest BCUT2D eigenvalue weighted by Gasteiger charge is -2.25. The Morgan fingerprint density at radius 1 is 1.03 bits per heavy atom. The smallest absolute Gasteiger partial charge is 0.412 e. The van der Waals surface area contributed by atoms with E-state index in [1.807, 2.05) is 0 Å². The number of carbonyl (C=O) groups is 3. The lowest BCUT2D eigenvalue weighted by molar-refractivity contribution is -0.112. The van der Waals surface area contributed by atoms with Crippen LogP contribution in [0, 0.1) is 0 Å². The summed E-state index contributed by atoms with van der Waals surface area (Å²) in [5.74, 6) is -0.506. The second-order valence-corrected chi connectivity index (χ2v) is 8.37. The first-order chi connectivity index (χ1) is 18.7. The van der Waals surface area contributed by atoms with Crippen molar-refractivity contribution in [3.8, 4) is 11.5 Å². The minimum Gasteiger partial charge on any atom is -0.504 e. The van der Waals surface area contributed by atoms with Gasteiger partial charge in [-0.15, -0.1) is 0 Å². The standard InChI is InChI=1S/C29H31N3O7/c1-4-38-26(15-16-27(35)32-23-8-6-5-7-22(23)30)28(20-11-14-25(37-3)24(34)17-20)39-29(36)31-21-12-9-19(10-13-21)18(2)33/h5-17,26,28,34H,4,30H2,1-3H3,(H,31,36)(H,32,35)/b16-15+/t26-,28-/m0/s1. The molecule has 2 amide bonds. The monoisotopic (exact) mass is 533 g/mol. The number of hydrogen-bond donors (Lipinski definition) is 4. The van der Waals surface area contributed by atoms with E-state index in [-0.39, 0.29) is 23.9 Å². The third-order valence-electron chi connectivity index (χ3n) is 5.62. The predicted octanol–water partition coefficient (Wildman–Crippen LogP) is 5.08. The lowest BCUT2D eigenvalue weighted by Crippen LogP contribution is -2.28. The molecular weight excluding hydrogens is 502 g/mol. The molecular formula is C29H31N3O7. The molecule has 3 rings (SSSR count). The van der Waals surface area contributed by atoms with Crippen LogP contribution in [0.1, 0.15) is 35.9 Å². The van der Waals surface area contributed by atoms with Crippen molar-refractivity contribution >= 4 is 34.8 Å². The van der Waals surface area contributed by atoms with Gasteiger partial charge in [0.2, 0.25) is 5.91 Å². The van der Waals surface area contributed by atoms with E-state index in [1.165, 1.54) is 38.3 Å². The van der Waals surface area contributed by atoms with E-state index in [1.54, 1.807) is 61.5 Å². The van der Waals surface area contributed by atoms with Gasteiger partial charge in [-0.2, -0.15) is 0 Å². The molecule has 5 N–H and O–H groups in total. The number of ether oxygens (including phenoxy) is 3. The van der Waals surface area contributed by atoms with E-state index in [2.05, 4.69) is 10.6 Å². The highest BCUT2D eigenvalue weighted by Crippen LogP contribution is 2.33. The van der Waals surface area contributed by atoms with Crippen LogP contribution in [0.2, 0.25) is 0 Å². The van der Waals surface area contributed by atoms with Crippen molar-refractivity contribution in [3.63, 3.8) is 0 Å². The Morgan fingerprint density at radius 2 is 1.74 bits per heavy atom. The topological polar surface area (TPSA) is 149 Å². The maximum atomic E-state index is 12.9. The number of phenolic OH excluding ortho intramolecular Hbond substituents is 1. The molecule has 0 aliphatic heterocycles. The molecule has 3 aromatic carbocycles. The second kappa shape index (κ2) is 13.6. The van der Waals surface area contributed by atoms with Gasteiger partial charge in [0.25, 0.3) is 0 Å². The van der Waals surface area contributed by atoms with Crippen LogP contribution in [0.3, 0.4) is 0 Å². The van der Waals surface area contributed by atoms with E-state index < -0.39 is 24.2 Å². The van der Waals surface area contributed by atoms with E-state index in [0.29, 0.717) is 28.2 Å². The summed E-state index contributed by atoms with van der Waals surface area (Å²) in [6.07, 6.45) is -0.0777. The largest absolute Gasteiger partial charge is 0.504 e. The summed E-state index contributed by atoms with van der Waals surface area (Å²) in [5, 5.41) is 15.7. The third kappa shape index (κ3) is 8.08. The van der Waals surface area contributed by atoms with Gasteiger partial charge in [0, 0.05) is 23.9 Å². The predicted molar refractivity (Wildman–Crippen MR) is 148 cm³/mol. The summed E-state index contributed by atoms with van der Waals surface area (Å²) in [6.45, 7) is 3.44. The molecule has 0 unspecified atom stereocenters. The van der Waals surface area contributed by atoms with Crippen molar-refractivity contribution in [1.82, 2.24) is 0 Å². The quantitative estimate of drug-likeness (QED) is 0.152. The summed E-state index contributed by atoms with van der Waals surface area (Å²) in [6, 6.07) is 17.7. The zero-order chi connectivity index (χ0) is 28.4. The van der Waals surface area contributed by atoms with Crippen molar-refractivity contribution in [2.24, 2.45) is 0 Å². The fourth-order valence-electron chi connectivity index (χ4n) is 3.66. The third-order valence-corrected chi connectivity index (χ3v) is 5.62. The number of methoxy groups -OCH3 is 1. The number of benzene rings is 3. The number of phenols is 1. The number of ketones is 1. The number of carbonyl (C=O) groups excluding carboxylic acids is 3. The average molecular weight is 534 g/mol. The van der Waals surface area contributed by atoms with Crippen LogP contribution < -0.4 is 21.1 Å². The van der Waals surface area contributed by atoms with Gasteiger partial charge in [0.05, 0.1) is 18.5 Å². The second-order valence-electron chi connectivity index (χ2n) is 8.37. The molecule has 0 aliphatic carbocycles. The fraction of sp³-hybridized carbons (Fsp3) is 0.207. The molecule has 10 heteroatoms. The summed E-state index contributed by atoms with van der Waals surface area (Å²) >= 11 is 0. The minimum absolute atomic E-state index is 0.103. The Kier molecular flexibility index (Phi) is 10.0. The minimum atomic E-state index is -1.07. The van der Waals surface area contributed by atoms with Crippen molar-refractivity contribution < 1.29 is 33.7 Å². The molecule has 10 nitrogen and oxygen atoms in total. The van der Waals surface area contributed by atoms with E-state index in [0.717, 1.165) is 0 Å². The number of hydrogen-bond acceptors (Lipinski definition) is 8. The number of para-hydroxylation sites is 2. The van der Waals surface area contributed by atoms with Gasteiger partial charge in [-0.1, -0.05) is 18.2 Å². The van der Waals surface area contributed by atoms with Crippen LogP contribution in [0.15, 0.2) is 78.9 Å². The maximum absolute atomic E-state index is 12.9. The van der Waals surface area contributed by atoms with Gasteiger partial charge in [0.1, 0.15) is 6.10 Å².